The van der Waals surface area contributed by atoms with Crippen molar-refractivity contribution in [2.75, 3.05) is 0 Å². The predicted octanol–water partition coefficient (Wildman–Crippen LogP) is 17.5. The summed E-state index contributed by atoms with van der Waals surface area (Å²) in [4.78, 5) is 16.5. The first-order valence-corrected chi connectivity index (χ1v) is 24.6. The van der Waals surface area contributed by atoms with E-state index in [-0.39, 0.29) is 35.3 Å². The maximum atomic E-state index is 8.86. The fraction of sp³-hybridized carbons (Fsp3) is 0. The molecule has 0 atom stereocenters. The van der Waals surface area contributed by atoms with Crippen LogP contribution in [0.5, 0.6) is 0 Å². The van der Waals surface area contributed by atoms with Gasteiger partial charge in [0.25, 0.3) is 0 Å². The second kappa shape index (κ2) is 17.3. The highest BCUT2D eigenvalue weighted by Gasteiger charge is 2.24. The molecule has 4 heterocycles. The Balaban J connectivity index is 0.982. The summed E-state index contributed by atoms with van der Waals surface area (Å²) in [5, 5.41) is 5.43. The zero-order valence-corrected chi connectivity index (χ0v) is 39.8. The largest absolute Gasteiger partial charge is 0.309 e. The molecule has 0 saturated heterocycles. The smallest absolute Gasteiger partial charge is 0.238 e. The Morgan fingerprint density at radius 3 is 1.09 bits per heavy atom. The third-order valence-corrected chi connectivity index (χ3v) is 14.3. The highest BCUT2D eigenvalue weighted by Crippen LogP contribution is 2.42. The van der Waals surface area contributed by atoms with E-state index >= 15 is 0 Å². The Morgan fingerprint density at radius 1 is 0.267 bits per heavy atom. The molecule has 75 heavy (non-hydrogen) atoms. The van der Waals surface area contributed by atoms with E-state index < -0.39 is 36.3 Å². The van der Waals surface area contributed by atoms with Gasteiger partial charge in [0.2, 0.25) is 5.95 Å². The summed E-state index contributed by atoms with van der Waals surface area (Å²) in [5.74, 6) is 1.13. The second-order valence-corrected chi connectivity index (χ2v) is 18.4. The van der Waals surface area contributed by atoms with E-state index in [2.05, 4.69) is 56.2 Å². The summed E-state index contributed by atoms with van der Waals surface area (Å²) in [7, 11) is 0. The molecular formula is C69H44N6. The third kappa shape index (κ3) is 6.92. The van der Waals surface area contributed by atoms with E-state index in [9.17, 15) is 0 Å². The molecule has 0 aliphatic heterocycles. The topological polar surface area (TPSA) is 53.5 Å². The molecule has 15 rings (SSSR count). The minimum atomic E-state index is -0.449. The Kier molecular flexibility index (Phi) is 7.70. The van der Waals surface area contributed by atoms with Crippen LogP contribution in [0.2, 0.25) is 0 Å². The van der Waals surface area contributed by atoms with Gasteiger partial charge in [-0.1, -0.05) is 188 Å². The number of rotatable bonds is 8. The van der Waals surface area contributed by atoms with Crippen molar-refractivity contribution in [3.8, 4) is 73.5 Å². The van der Waals surface area contributed by atoms with Gasteiger partial charge in [0, 0.05) is 43.4 Å². The average molecular weight is 967 g/mol. The standard InChI is InChI=1S/C69H44N6/c1-4-20-45(21-5-1)48-36-39-64-56(42-48)51-26-10-15-31-59(51)73(64)62-34-18-13-29-54(62)67-70-68(72-69(71-67)75-61-33-17-12-28-53(61)58-44-50(38-41-66(58)75)47-24-8-3-9-25-47)55-30-14-19-35-63(55)74-60-32-16-11-27-52(60)57-43-49(37-40-65(57)74)46-22-6-2-7-23-46/h1-44H/i1D,2D,4D,5D,6D,7D,20D,21D,22D,23D. The monoisotopic (exact) mass is 966 g/mol. The van der Waals surface area contributed by atoms with E-state index in [0.29, 0.717) is 39.9 Å². The van der Waals surface area contributed by atoms with Crippen LogP contribution in [0.15, 0.2) is 267 Å². The maximum Gasteiger partial charge on any atom is 0.238 e. The molecule has 0 fully saturated rings. The number of benzene rings is 11. The Labute approximate surface area is 446 Å². The molecule has 11 aromatic carbocycles. The van der Waals surface area contributed by atoms with E-state index in [1.807, 2.05) is 152 Å². The Bertz CT molecular complexity index is 5030. The summed E-state index contributed by atoms with van der Waals surface area (Å²) in [6.07, 6.45) is 0. The van der Waals surface area contributed by atoms with Gasteiger partial charge in [-0.2, -0.15) is 9.97 Å². The van der Waals surface area contributed by atoms with Crippen molar-refractivity contribution in [3.63, 3.8) is 0 Å². The van der Waals surface area contributed by atoms with Crippen molar-refractivity contribution >= 4 is 65.4 Å². The molecule has 0 bridgehead atoms. The first-order valence-electron chi connectivity index (χ1n) is 29.6. The van der Waals surface area contributed by atoms with Gasteiger partial charge >= 0.3 is 0 Å². The molecule has 15 aromatic rings. The van der Waals surface area contributed by atoms with Crippen molar-refractivity contribution in [1.29, 1.82) is 0 Å². The number of fused-ring (bicyclic) bond motifs is 9. The van der Waals surface area contributed by atoms with Gasteiger partial charge in [-0.05, 0) is 112 Å². The number of para-hydroxylation sites is 5. The quantitative estimate of drug-likeness (QED) is 0.152. The van der Waals surface area contributed by atoms with Crippen LogP contribution in [0.25, 0.3) is 139 Å². The van der Waals surface area contributed by atoms with E-state index in [1.165, 1.54) is 0 Å². The van der Waals surface area contributed by atoms with Crippen LogP contribution >= 0.6 is 0 Å². The molecule has 0 unspecified atom stereocenters. The number of hydrogen-bond acceptors (Lipinski definition) is 3. The van der Waals surface area contributed by atoms with Gasteiger partial charge in [-0.25, -0.2) is 4.98 Å². The number of hydrogen-bond donors (Lipinski definition) is 0. The highest BCUT2D eigenvalue weighted by molar-refractivity contribution is 6.13. The summed E-state index contributed by atoms with van der Waals surface area (Å²) < 4.78 is 92.3. The molecule has 0 radical (unpaired) electrons. The average Bonchev–Trinajstić information content (AvgIpc) is 2.26. The van der Waals surface area contributed by atoms with Gasteiger partial charge in [0.1, 0.15) is 0 Å². The molecule has 0 aliphatic carbocycles. The molecule has 0 amide bonds. The number of aromatic nitrogens is 6. The van der Waals surface area contributed by atoms with Crippen LogP contribution in [-0.4, -0.2) is 28.7 Å². The van der Waals surface area contributed by atoms with Gasteiger partial charge in [-0.15, -0.1) is 0 Å². The summed E-state index contributed by atoms with van der Waals surface area (Å²) in [6.45, 7) is 0. The minimum absolute atomic E-state index is 0.121. The lowest BCUT2D eigenvalue weighted by Crippen LogP contribution is -2.09. The van der Waals surface area contributed by atoms with Crippen LogP contribution < -0.4 is 0 Å². The highest BCUT2D eigenvalue weighted by atomic mass is 15.2. The minimum Gasteiger partial charge on any atom is -0.309 e. The van der Waals surface area contributed by atoms with Crippen molar-refractivity contribution in [2.45, 2.75) is 0 Å². The number of nitrogens with zero attached hydrogens (tertiary/aromatic N) is 6. The summed E-state index contributed by atoms with van der Waals surface area (Å²) >= 11 is 0. The Hall–Kier alpha value is -10.2. The van der Waals surface area contributed by atoms with E-state index in [4.69, 9.17) is 28.7 Å². The van der Waals surface area contributed by atoms with Gasteiger partial charge in [0.15, 0.2) is 11.6 Å². The van der Waals surface area contributed by atoms with Crippen molar-refractivity contribution in [1.82, 2.24) is 28.7 Å². The second-order valence-electron chi connectivity index (χ2n) is 18.4. The van der Waals surface area contributed by atoms with Crippen molar-refractivity contribution in [3.05, 3.63) is 267 Å². The van der Waals surface area contributed by atoms with Gasteiger partial charge < -0.3 is 9.13 Å². The SMILES string of the molecule is [2H]c1c([2H])c([2H])c(-c2ccc3c(c2)c2ccccc2n3-c2ccccc2-c2nc(-c3ccccc3-n3c4ccccc4c4cc(-c5c([2H])c([2H])c([2H])c([2H])c5[2H])ccc43)nc(-n3c4ccccc4c4cc(-c5ccccc5)ccc43)n2)c([2H])c1[2H]. The fourth-order valence-electron chi connectivity index (χ4n) is 11.0. The normalized spacial score (nSPS) is 13.6. The van der Waals surface area contributed by atoms with E-state index in [1.54, 1.807) is 12.1 Å². The molecule has 0 N–H and O–H groups in total. The lowest BCUT2D eigenvalue weighted by atomic mass is 10.0. The fourth-order valence-corrected chi connectivity index (χ4v) is 11.0. The predicted molar refractivity (Wildman–Crippen MR) is 310 cm³/mol. The molecular weight excluding hydrogens is 913 g/mol. The Morgan fingerprint density at radius 2 is 0.627 bits per heavy atom. The summed E-state index contributed by atoms with van der Waals surface area (Å²) in [5.41, 5.74) is 11.4. The lowest BCUT2D eigenvalue weighted by molar-refractivity contribution is 0.950. The van der Waals surface area contributed by atoms with Gasteiger partial charge in [-0.3, -0.25) is 4.57 Å². The molecule has 0 aliphatic rings. The first kappa shape index (κ1) is 33.5. The summed E-state index contributed by atoms with van der Waals surface area (Å²) in [6, 6.07) is 64.6. The van der Waals surface area contributed by atoms with Crippen LogP contribution in [-0.2, 0) is 0 Å². The molecule has 350 valence electrons. The van der Waals surface area contributed by atoms with Crippen LogP contribution in [0.1, 0.15) is 13.7 Å². The zero-order chi connectivity index (χ0) is 58.1. The lowest BCUT2D eigenvalue weighted by Gasteiger charge is -2.17. The molecule has 0 spiro atoms. The van der Waals surface area contributed by atoms with Gasteiger partial charge in [0.05, 0.1) is 58.2 Å². The van der Waals surface area contributed by atoms with Crippen molar-refractivity contribution in [2.24, 2.45) is 0 Å². The van der Waals surface area contributed by atoms with Crippen LogP contribution in [0, 0.1) is 0 Å². The van der Waals surface area contributed by atoms with Crippen LogP contribution in [0.4, 0.5) is 0 Å². The van der Waals surface area contributed by atoms with E-state index in [0.717, 1.165) is 87.9 Å². The van der Waals surface area contributed by atoms with Crippen molar-refractivity contribution < 1.29 is 13.7 Å². The molecule has 6 heteroatoms. The molecule has 0 saturated carbocycles. The molecule has 4 aromatic heterocycles. The van der Waals surface area contributed by atoms with Crippen LogP contribution in [0.3, 0.4) is 0 Å². The zero-order valence-electron chi connectivity index (χ0n) is 49.8. The maximum absolute atomic E-state index is 8.86. The first-order chi connectivity index (χ1) is 41.4. The third-order valence-electron chi connectivity index (χ3n) is 14.3. The molecule has 6 nitrogen and oxygen atoms in total.